The number of hydrogen-bond acceptors (Lipinski definition) is 2. The summed E-state index contributed by atoms with van der Waals surface area (Å²) < 4.78 is 5.55. The lowest BCUT2D eigenvalue weighted by Crippen LogP contribution is -2.05. The van der Waals surface area contributed by atoms with Crippen molar-refractivity contribution in [1.29, 1.82) is 0 Å². The molecule has 1 aliphatic rings. The van der Waals surface area contributed by atoms with Crippen LogP contribution in [0.2, 0.25) is 0 Å². The minimum Gasteiger partial charge on any atom is -0.490 e. The molecular formula is C11H13NO2. The minimum atomic E-state index is -0.0445. The van der Waals surface area contributed by atoms with Gasteiger partial charge < -0.3 is 10.1 Å². The molecule has 74 valence electrons. The quantitative estimate of drug-likeness (QED) is 0.737. The predicted octanol–water partition coefficient (Wildman–Crippen LogP) is 1.97. The van der Waals surface area contributed by atoms with E-state index in [-0.39, 0.29) is 12.0 Å². The van der Waals surface area contributed by atoms with Gasteiger partial charge in [-0.25, -0.2) is 0 Å². The predicted molar refractivity (Wildman–Crippen MR) is 54.5 cm³/mol. The Morgan fingerprint density at radius 1 is 1.57 bits per heavy atom. The van der Waals surface area contributed by atoms with Gasteiger partial charge in [0.05, 0.1) is 0 Å². The van der Waals surface area contributed by atoms with Crippen LogP contribution in [0.5, 0.6) is 5.75 Å². The van der Waals surface area contributed by atoms with Crippen LogP contribution >= 0.6 is 0 Å². The molecule has 1 aliphatic heterocycles. The summed E-state index contributed by atoms with van der Waals surface area (Å²) in [5, 5.41) is 2.75. The lowest BCUT2D eigenvalue weighted by Gasteiger charge is -2.04. The SMILES string of the molecule is CC(=O)Nc1ccc2c(c1)CC(C)O2. The van der Waals surface area contributed by atoms with Crippen molar-refractivity contribution in [3.8, 4) is 5.75 Å². The van der Waals surface area contributed by atoms with Gasteiger partial charge in [-0.05, 0) is 30.7 Å². The summed E-state index contributed by atoms with van der Waals surface area (Å²) >= 11 is 0. The van der Waals surface area contributed by atoms with E-state index < -0.39 is 0 Å². The van der Waals surface area contributed by atoms with Gasteiger partial charge >= 0.3 is 0 Å². The molecule has 1 aromatic rings. The first-order chi connectivity index (χ1) is 6.65. The van der Waals surface area contributed by atoms with Gasteiger partial charge in [0.1, 0.15) is 11.9 Å². The van der Waals surface area contributed by atoms with Crippen molar-refractivity contribution in [2.75, 3.05) is 5.32 Å². The van der Waals surface area contributed by atoms with Crippen molar-refractivity contribution >= 4 is 11.6 Å². The Bertz CT molecular complexity index is 374. The molecule has 1 N–H and O–H groups in total. The standard InChI is InChI=1S/C11H13NO2/c1-7-5-9-6-10(12-8(2)13)3-4-11(9)14-7/h3-4,6-7H,5H2,1-2H3,(H,12,13). The molecular weight excluding hydrogens is 178 g/mol. The van der Waals surface area contributed by atoms with Crippen LogP contribution in [0, 0.1) is 0 Å². The van der Waals surface area contributed by atoms with E-state index in [1.54, 1.807) is 0 Å². The molecule has 0 radical (unpaired) electrons. The largest absolute Gasteiger partial charge is 0.490 e. The third-order valence-corrected chi connectivity index (χ3v) is 2.22. The molecule has 0 fully saturated rings. The Labute approximate surface area is 83.1 Å². The lowest BCUT2D eigenvalue weighted by molar-refractivity contribution is -0.114. The zero-order valence-corrected chi connectivity index (χ0v) is 8.33. The van der Waals surface area contributed by atoms with Crippen LogP contribution in [0.25, 0.3) is 0 Å². The Hall–Kier alpha value is -1.51. The average molecular weight is 191 g/mol. The van der Waals surface area contributed by atoms with E-state index in [9.17, 15) is 4.79 Å². The fraction of sp³-hybridized carbons (Fsp3) is 0.364. The van der Waals surface area contributed by atoms with E-state index in [1.165, 1.54) is 12.5 Å². The molecule has 3 heteroatoms. The normalized spacial score (nSPS) is 18.6. The first-order valence-electron chi connectivity index (χ1n) is 4.72. The van der Waals surface area contributed by atoms with Crippen molar-refractivity contribution in [2.45, 2.75) is 26.4 Å². The maximum absolute atomic E-state index is 10.8. The molecule has 0 saturated carbocycles. The molecule has 0 bridgehead atoms. The summed E-state index contributed by atoms with van der Waals surface area (Å²) in [5.74, 6) is 0.892. The van der Waals surface area contributed by atoms with Crippen LogP contribution in [0.15, 0.2) is 18.2 Å². The molecule has 1 atom stereocenters. The second-order valence-corrected chi connectivity index (χ2v) is 3.64. The van der Waals surface area contributed by atoms with Crippen LogP contribution in [0.4, 0.5) is 5.69 Å². The van der Waals surface area contributed by atoms with Crippen molar-refractivity contribution in [1.82, 2.24) is 0 Å². The number of carbonyl (C=O) groups is 1. The van der Waals surface area contributed by atoms with E-state index >= 15 is 0 Å². The van der Waals surface area contributed by atoms with Crippen molar-refractivity contribution in [3.05, 3.63) is 23.8 Å². The fourth-order valence-corrected chi connectivity index (χ4v) is 1.70. The molecule has 0 aromatic heterocycles. The number of amides is 1. The Morgan fingerprint density at radius 2 is 2.36 bits per heavy atom. The number of nitrogens with one attached hydrogen (secondary N) is 1. The topological polar surface area (TPSA) is 38.3 Å². The number of ether oxygens (including phenoxy) is 1. The monoisotopic (exact) mass is 191 g/mol. The third-order valence-electron chi connectivity index (χ3n) is 2.22. The van der Waals surface area contributed by atoms with E-state index in [0.29, 0.717) is 0 Å². The van der Waals surface area contributed by atoms with Crippen molar-refractivity contribution in [2.24, 2.45) is 0 Å². The van der Waals surface area contributed by atoms with Crippen LogP contribution < -0.4 is 10.1 Å². The molecule has 1 heterocycles. The summed E-state index contributed by atoms with van der Waals surface area (Å²) in [6.07, 6.45) is 1.17. The molecule has 14 heavy (non-hydrogen) atoms. The van der Waals surface area contributed by atoms with Crippen molar-refractivity contribution in [3.63, 3.8) is 0 Å². The maximum atomic E-state index is 10.8. The van der Waals surface area contributed by atoms with Crippen LogP contribution in [-0.2, 0) is 11.2 Å². The van der Waals surface area contributed by atoms with Gasteiger partial charge in [-0.3, -0.25) is 4.79 Å². The zero-order valence-electron chi connectivity index (χ0n) is 8.33. The van der Waals surface area contributed by atoms with Gasteiger partial charge in [-0.15, -0.1) is 0 Å². The van der Waals surface area contributed by atoms with Gasteiger partial charge in [0, 0.05) is 19.0 Å². The van der Waals surface area contributed by atoms with Crippen LogP contribution in [-0.4, -0.2) is 12.0 Å². The summed E-state index contributed by atoms with van der Waals surface area (Å²) in [6.45, 7) is 3.55. The molecule has 0 spiro atoms. The summed E-state index contributed by atoms with van der Waals surface area (Å²) in [7, 11) is 0. The van der Waals surface area contributed by atoms with E-state index in [0.717, 1.165) is 17.9 Å². The van der Waals surface area contributed by atoms with E-state index in [2.05, 4.69) is 5.32 Å². The summed E-state index contributed by atoms with van der Waals surface area (Å²) in [6, 6.07) is 5.74. The van der Waals surface area contributed by atoms with E-state index in [1.807, 2.05) is 25.1 Å². The maximum Gasteiger partial charge on any atom is 0.221 e. The summed E-state index contributed by atoms with van der Waals surface area (Å²) in [5.41, 5.74) is 2.01. The fourth-order valence-electron chi connectivity index (χ4n) is 1.70. The molecule has 0 aliphatic carbocycles. The number of carbonyl (C=O) groups excluding carboxylic acids is 1. The lowest BCUT2D eigenvalue weighted by atomic mass is 10.1. The number of hydrogen-bond donors (Lipinski definition) is 1. The molecule has 1 amide bonds. The molecule has 2 rings (SSSR count). The molecule has 3 nitrogen and oxygen atoms in total. The first kappa shape index (κ1) is 9.06. The van der Waals surface area contributed by atoms with E-state index in [4.69, 9.17) is 4.74 Å². The highest BCUT2D eigenvalue weighted by molar-refractivity contribution is 5.88. The molecule has 1 unspecified atom stereocenters. The van der Waals surface area contributed by atoms with Crippen LogP contribution in [0.1, 0.15) is 19.4 Å². The van der Waals surface area contributed by atoms with Gasteiger partial charge in [-0.1, -0.05) is 0 Å². The summed E-state index contributed by atoms with van der Waals surface area (Å²) in [4.78, 5) is 10.8. The van der Waals surface area contributed by atoms with Gasteiger partial charge in [0.2, 0.25) is 5.91 Å². The number of rotatable bonds is 1. The highest BCUT2D eigenvalue weighted by Crippen LogP contribution is 2.30. The van der Waals surface area contributed by atoms with Crippen molar-refractivity contribution < 1.29 is 9.53 Å². The second kappa shape index (κ2) is 3.33. The Morgan fingerprint density at radius 3 is 3.07 bits per heavy atom. The highest BCUT2D eigenvalue weighted by atomic mass is 16.5. The first-order valence-corrected chi connectivity index (χ1v) is 4.72. The molecule has 1 aromatic carbocycles. The number of anilines is 1. The van der Waals surface area contributed by atoms with Gasteiger partial charge in [-0.2, -0.15) is 0 Å². The average Bonchev–Trinajstić information content (AvgIpc) is 2.42. The third kappa shape index (κ3) is 1.71. The van der Waals surface area contributed by atoms with Gasteiger partial charge in [0.25, 0.3) is 0 Å². The van der Waals surface area contributed by atoms with Crippen LogP contribution in [0.3, 0.4) is 0 Å². The smallest absolute Gasteiger partial charge is 0.221 e. The minimum absolute atomic E-state index is 0.0445. The molecule has 0 saturated heterocycles. The number of benzene rings is 1. The Balaban J connectivity index is 2.24. The van der Waals surface area contributed by atoms with Gasteiger partial charge in [0.15, 0.2) is 0 Å². The second-order valence-electron chi connectivity index (χ2n) is 3.64. The highest BCUT2D eigenvalue weighted by Gasteiger charge is 2.18. The zero-order chi connectivity index (χ0) is 10.1. The Kier molecular flexibility index (Phi) is 2.15. The number of fused-ring (bicyclic) bond motifs is 1.